The molecule has 1 saturated carbocycles. The summed E-state index contributed by atoms with van der Waals surface area (Å²) in [5.74, 6) is 0.366. The maximum absolute atomic E-state index is 12.9. The van der Waals surface area contributed by atoms with Gasteiger partial charge in [0.1, 0.15) is 0 Å². The second-order valence-electron chi connectivity index (χ2n) is 5.80. The Morgan fingerprint density at radius 3 is 2.70 bits per heavy atom. The molecule has 4 nitrogen and oxygen atoms in total. The molecule has 0 bridgehead atoms. The number of Topliss-reactive ketones (excluding diaryl/α,β-unsaturated/α-hetero) is 1. The third kappa shape index (κ3) is 2.63. The summed E-state index contributed by atoms with van der Waals surface area (Å²) in [4.78, 5) is 19.4. The molecule has 1 aromatic heterocycles. The van der Waals surface area contributed by atoms with Gasteiger partial charge in [-0.1, -0.05) is 18.9 Å². The van der Waals surface area contributed by atoms with E-state index in [1.54, 1.807) is 12.4 Å². The van der Waals surface area contributed by atoms with E-state index in [1.807, 2.05) is 12.1 Å². The van der Waals surface area contributed by atoms with Crippen LogP contribution in [0.1, 0.15) is 31.2 Å². The topological polar surface area (TPSA) is 42.4 Å². The zero-order chi connectivity index (χ0) is 13.8. The lowest BCUT2D eigenvalue weighted by Gasteiger charge is -2.42. The second-order valence-corrected chi connectivity index (χ2v) is 5.80. The summed E-state index contributed by atoms with van der Waals surface area (Å²) in [5, 5.41) is 0. The fourth-order valence-corrected chi connectivity index (χ4v) is 3.58. The van der Waals surface area contributed by atoms with Crippen molar-refractivity contribution in [1.29, 1.82) is 0 Å². The molecule has 2 aliphatic rings. The highest BCUT2D eigenvalue weighted by Crippen LogP contribution is 2.37. The average Bonchev–Trinajstić information content (AvgIpc) is 3.00. The lowest BCUT2D eigenvalue weighted by molar-refractivity contribution is -0.133. The number of ether oxygens (including phenoxy) is 1. The summed E-state index contributed by atoms with van der Waals surface area (Å²) in [6.45, 7) is 3.28. The van der Waals surface area contributed by atoms with Gasteiger partial charge >= 0.3 is 0 Å². The smallest absolute Gasteiger partial charge is 0.157 e. The van der Waals surface area contributed by atoms with E-state index in [-0.39, 0.29) is 5.54 Å². The van der Waals surface area contributed by atoms with E-state index in [4.69, 9.17) is 4.74 Å². The molecule has 0 atom stereocenters. The number of morpholine rings is 1. The van der Waals surface area contributed by atoms with Crippen LogP contribution >= 0.6 is 0 Å². The predicted molar refractivity (Wildman–Crippen MR) is 76.5 cm³/mol. The average molecular weight is 274 g/mol. The van der Waals surface area contributed by atoms with Gasteiger partial charge in [-0.2, -0.15) is 0 Å². The first-order chi connectivity index (χ1) is 9.81. The van der Waals surface area contributed by atoms with Gasteiger partial charge in [-0.25, -0.2) is 0 Å². The summed E-state index contributed by atoms with van der Waals surface area (Å²) in [6.07, 6.45) is 8.40. The van der Waals surface area contributed by atoms with E-state index in [0.29, 0.717) is 12.2 Å². The van der Waals surface area contributed by atoms with Gasteiger partial charge in [0.25, 0.3) is 0 Å². The molecule has 20 heavy (non-hydrogen) atoms. The van der Waals surface area contributed by atoms with Crippen molar-refractivity contribution in [3.63, 3.8) is 0 Å². The maximum atomic E-state index is 12.9. The number of rotatable bonds is 4. The molecule has 2 fully saturated rings. The molecule has 0 radical (unpaired) electrons. The van der Waals surface area contributed by atoms with Gasteiger partial charge in [-0.15, -0.1) is 0 Å². The minimum Gasteiger partial charge on any atom is -0.379 e. The molecule has 0 spiro atoms. The van der Waals surface area contributed by atoms with Gasteiger partial charge in [0.05, 0.1) is 18.8 Å². The zero-order valence-corrected chi connectivity index (χ0v) is 11.9. The van der Waals surface area contributed by atoms with Crippen molar-refractivity contribution in [2.45, 2.75) is 37.6 Å². The Bertz CT molecular complexity index is 449. The summed E-state index contributed by atoms with van der Waals surface area (Å²) in [7, 11) is 0. The van der Waals surface area contributed by atoms with Gasteiger partial charge in [0.15, 0.2) is 5.78 Å². The number of carbonyl (C=O) groups is 1. The van der Waals surface area contributed by atoms with E-state index < -0.39 is 0 Å². The highest BCUT2D eigenvalue weighted by atomic mass is 16.5. The first-order valence-electron chi connectivity index (χ1n) is 7.56. The largest absolute Gasteiger partial charge is 0.379 e. The molecule has 1 saturated heterocycles. The SMILES string of the molecule is O=C(Cc1cccnc1)C1(N2CCOCC2)CCCC1. The van der Waals surface area contributed by atoms with Crippen LogP contribution in [0.15, 0.2) is 24.5 Å². The number of hydrogen-bond donors (Lipinski definition) is 0. The standard InChI is InChI=1S/C16H22N2O2/c19-15(12-14-4-3-7-17-13-14)16(5-1-2-6-16)18-8-10-20-11-9-18/h3-4,7,13H,1-2,5-6,8-12H2. The number of nitrogens with zero attached hydrogens (tertiary/aromatic N) is 2. The summed E-state index contributed by atoms with van der Waals surface area (Å²) in [5.41, 5.74) is 0.789. The molecule has 1 aliphatic heterocycles. The number of ketones is 1. The van der Waals surface area contributed by atoms with E-state index in [1.165, 1.54) is 0 Å². The Labute approximate surface area is 120 Å². The first-order valence-corrected chi connectivity index (χ1v) is 7.56. The van der Waals surface area contributed by atoms with Crippen LogP contribution in [0.2, 0.25) is 0 Å². The third-order valence-corrected chi connectivity index (χ3v) is 4.65. The fraction of sp³-hybridized carbons (Fsp3) is 0.625. The lowest BCUT2D eigenvalue weighted by atomic mass is 9.86. The Kier molecular flexibility index (Phi) is 4.13. The lowest BCUT2D eigenvalue weighted by Crippen LogP contribution is -2.57. The highest BCUT2D eigenvalue weighted by molar-refractivity contribution is 5.90. The third-order valence-electron chi connectivity index (χ3n) is 4.65. The molecule has 0 aromatic carbocycles. The van der Waals surface area contributed by atoms with Crippen LogP contribution in [0.25, 0.3) is 0 Å². The van der Waals surface area contributed by atoms with Crippen molar-refractivity contribution in [3.8, 4) is 0 Å². The molecule has 0 N–H and O–H groups in total. The van der Waals surface area contributed by atoms with Crippen LogP contribution in [-0.4, -0.2) is 47.5 Å². The van der Waals surface area contributed by atoms with Gasteiger partial charge in [0.2, 0.25) is 0 Å². The molecule has 1 aromatic rings. The van der Waals surface area contributed by atoms with Crippen molar-refractivity contribution in [1.82, 2.24) is 9.88 Å². The van der Waals surface area contributed by atoms with E-state index >= 15 is 0 Å². The molecule has 3 rings (SSSR count). The van der Waals surface area contributed by atoms with Crippen molar-refractivity contribution in [2.75, 3.05) is 26.3 Å². The summed E-state index contributed by atoms with van der Waals surface area (Å²) in [6, 6.07) is 3.89. The van der Waals surface area contributed by atoms with Crippen molar-refractivity contribution < 1.29 is 9.53 Å². The molecule has 1 aliphatic carbocycles. The van der Waals surface area contributed by atoms with E-state index in [0.717, 1.165) is 57.6 Å². The van der Waals surface area contributed by atoms with Gasteiger partial charge in [-0.3, -0.25) is 14.7 Å². The molecule has 0 amide bonds. The van der Waals surface area contributed by atoms with Crippen LogP contribution in [-0.2, 0) is 16.0 Å². The van der Waals surface area contributed by atoms with Crippen LogP contribution in [0.4, 0.5) is 0 Å². The van der Waals surface area contributed by atoms with Gasteiger partial charge in [-0.05, 0) is 24.5 Å². The van der Waals surface area contributed by atoms with Crippen molar-refractivity contribution in [2.24, 2.45) is 0 Å². The quantitative estimate of drug-likeness (QED) is 0.840. The zero-order valence-electron chi connectivity index (χ0n) is 11.9. The number of pyridine rings is 1. The molecular formula is C16H22N2O2. The number of hydrogen-bond acceptors (Lipinski definition) is 4. The minimum absolute atomic E-state index is 0.236. The number of carbonyl (C=O) groups excluding carboxylic acids is 1. The van der Waals surface area contributed by atoms with E-state index in [9.17, 15) is 4.79 Å². The van der Waals surface area contributed by atoms with Crippen LogP contribution in [0.3, 0.4) is 0 Å². The molecule has 2 heterocycles. The van der Waals surface area contributed by atoms with Crippen LogP contribution < -0.4 is 0 Å². The maximum Gasteiger partial charge on any atom is 0.157 e. The predicted octanol–water partition coefficient (Wildman–Crippen LogP) is 1.84. The summed E-state index contributed by atoms with van der Waals surface area (Å²) >= 11 is 0. The molecule has 0 unspecified atom stereocenters. The monoisotopic (exact) mass is 274 g/mol. The Morgan fingerprint density at radius 1 is 1.30 bits per heavy atom. The molecule has 4 heteroatoms. The fourth-order valence-electron chi connectivity index (χ4n) is 3.58. The Balaban J connectivity index is 1.77. The molecular weight excluding hydrogens is 252 g/mol. The van der Waals surface area contributed by atoms with Crippen molar-refractivity contribution in [3.05, 3.63) is 30.1 Å². The van der Waals surface area contributed by atoms with Crippen LogP contribution in [0, 0.1) is 0 Å². The minimum atomic E-state index is -0.236. The Hall–Kier alpha value is -1.26. The first kappa shape index (κ1) is 13.7. The second kappa shape index (κ2) is 6.02. The van der Waals surface area contributed by atoms with Crippen LogP contribution in [0.5, 0.6) is 0 Å². The van der Waals surface area contributed by atoms with Crippen molar-refractivity contribution >= 4 is 5.78 Å². The Morgan fingerprint density at radius 2 is 2.05 bits per heavy atom. The van der Waals surface area contributed by atoms with E-state index in [2.05, 4.69) is 9.88 Å². The highest BCUT2D eigenvalue weighted by Gasteiger charge is 2.45. The number of aromatic nitrogens is 1. The normalized spacial score (nSPS) is 22.8. The van der Waals surface area contributed by atoms with Gasteiger partial charge in [0, 0.05) is 31.9 Å². The molecule has 108 valence electrons. The van der Waals surface area contributed by atoms with Gasteiger partial charge < -0.3 is 4.74 Å². The summed E-state index contributed by atoms with van der Waals surface area (Å²) < 4.78 is 5.44.